The minimum Gasteiger partial charge on any atom is -0.372 e. The minimum atomic E-state index is -1.19. The minimum absolute atomic E-state index is 0.0325. The molecule has 0 unspecified atom stereocenters. The molecule has 4 rings (SSSR count). The molecule has 6 nitrogen and oxygen atoms in total. The maximum absolute atomic E-state index is 15.0. The van der Waals surface area contributed by atoms with E-state index in [1.54, 1.807) is 26.0 Å². The van der Waals surface area contributed by atoms with Crippen molar-refractivity contribution in [2.45, 2.75) is 57.3 Å². The number of carbonyl (C=O) groups is 2. The quantitative estimate of drug-likeness (QED) is 0.620. The fraction of sp³-hybridized carbons (Fsp3) is 0.500. The summed E-state index contributed by atoms with van der Waals surface area (Å²) >= 11 is 0. The Morgan fingerprint density at radius 3 is 2.33 bits per heavy atom. The Labute approximate surface area is 212 Å². The number of anilines is 1. The van der Waals surface area contributed by atoms with Gasteiger partial charge < -0.3 is 20.4 Å². The van der Waals surface area contributed by atoms with Gasteiger partial charge in [-0.25, -0.2) is 8.78 Å². The Balaban J connectivity index is 1.50. The average molecular weight is 499 g/mol. The molecule has 0 bridgehead atoms. The van der Waals surface area contributed by atoms with Crippen LogP contribution in [-0.2, 0) is 4.79 Å². The van der Waals surface area contributed by atoms with Gasteiger partial charge in [-0.2, -0.15) is 0 Å². The van der Waals surface area contributed by atoms with E-state index in [2.05, 4.69) is 16.8 Å². The standard InChI is InChI=1S/C28H36F2N4O2/c1-28(2,30)18-33-16-13-21(14-17-33)32(3)20-11-9-19(10-12-20)22-6-4-7-23(29)25(22)27(36)34-15-5-8-24(34)26(31)35/h4,6-7,9-12,21,24H,5,8,13-18H2,1-3H3,(H2,31,35)/t24-/m0/s1. The molecule has 0 spiro atoms. The lowest BCUT2D eigenvalue weighted by Crippen LogP contribution is -2.46. The molecule has 0 aromatic heterocycles. The topological polar surface area (TPSA) is 69.9 Å². The van der Waals surface area contributed by atoms with Crippen molar-refractivity contribution in [1.29, 1.82) is 0 Å². The van der Waals surface area contributed by atoms with Gasteiger partial charge in [-0.1, -0.05) is 24.3 Å². The fourth-order valence-corrected chi connectivity index (χ4v) is 5.51. The lowest BCUT2D eigenvalue weighted by Gasteiger charge is -2.39. The molecule has 8 heteroatoms. The molecule has 2 fully saturated rings. The van der Waals surface area contributed by atoms with Crippen molar-refractivity contribution in [2.75, 3.05) is 38.1 Å². The molecule has 0 radical (unpaired) electrons. The molecule has 2 aliphatic heterocycles. The van der Waals surface area contributed by atoms with Crippen molar-refractivity contribution >= 4 is 17.5 Å². The van der Waals surface area contributed by atoms with E-state index in [-0.39, 0.29) is 5.56 Å². The number of alkyl halides is 1. The highest BCUT2D eigenvalue weighted by atomic mass is 19.1. The molecule has 0 aliphatic carbocycles. The Hall–Kier alpha value is -3.00. The van der Waals surface area contributed by atoms with Gasteiger partial charge in [0.15, 0.2) is 0 Å². The zero-order chi connectivity index (χ0) is 26.0. The van der Waals surface area contributed by atoms with E-state index in [1.165, 1.54) is 11.0 Å². The van der Waals surface area contributed by atoms with Crippen LogP contribution in [-0.4, -0.2) is 72.6 Å². The molecule has 2 amide bonds. The summed E-state index contributed by atoms with van der Waals surface area (Å²) < 4.78 is 29.0. The first-order valence-corrected chi connectivity index (χ1v) is 12.7. The van der Waals surface area contributed by atoms with Crippen LogP contribution < -0.4 is 10.6 Å². The highest BCUT2D eigenvalue weighted by Crippen LogP contribution is 2.32. The largest absolute Gasteiger partial charge is 0.372 e. The molecule has 36 heavy (non-hydrogen) atoms. The summed E-state index contributed by atoms with van der Waals surface area (Å²) in [5.41, 5.74) is 6.50. The van der Waals surface area contributed by atoms with E-state index in [4.69, 9.17) is 5.73 Å². The van der Waals surface area contributed by atoms with Crippen molar-refractivity contribution in [3.05, 3.63) is 53.8 Å². The van der Waals surface area contributed by atoms with Crippen molar-refractivity contribution in [3.63, 3.8) is 0 Å². The molecule has 2 aromatic carbocycles. The zero-order valence-electron chi connectivity index (χ0n) is 21.3. The molecule has 2 N–H and O–H groups in total. The Morgan fingerprint density at radius 2 is 1.72 bits per heavy atom. The van der Waals surface area contributed by atoms with Gasteiger partial charge in [0, 0.05) is 45.0 Å². The van der Waals surface area contributed by atoms with Gasteiger partial charge >= 0.3 is 0 Å². The van der Waals surface area contributed by atoms with Crippen LogP contribution in [0.15, 0.2) is 42.5 Å². The van der Waals surface area contributed by atoms with E-state index in [9.17, 15) is 18.4 Å². The average Bonchev–Trinajstić information content (AvgIpc) is 3.33. The summed E-state index contributed by atoms with van der Waals surface area (Å²) in [4.78, 5) is 30.9. The molecule has 2 aromatic rings. The predicted molar refractivity (Wildman–Crippen MR) is 138 cm³/mol. The summed E-state index contributed by atoms with van der Waals surface area (Å²) in [5, 5.41) is 0. The third-order valence-electron chi connectivity index (χ3n) is 7.36. The first-order chi connectivity index (χ1) is 17.0. The Kier molecular flexibility index (Phi) is 7.64. The van der Waals surface area contributed by atoms with E-state index < -0.39 is 29.3 Å². The molecular formula is C28H36F2N4O2. The number of nitrogens with two attached hydrogens (primary N) is 1. The fourth-order valence-electron chi connectivity index (χ4n) is 5.51. The summed E-state index contributed by atoms with van der Waals surface area (Å²) in [6.45, 7) is 5.78. The summed E-state index contributed by atoms with van der Waals surface area (Å²) in [6, 6.07) is 12.0. The highest BCUT2D eigenvalue weighted by Gasteiger charge is 2.35. The number of amides is 2. The van der Waals surface area contributed by atoms with Crippen LogP contribution in [0.25, 0.3) is 11.1 Å². The van der Waals surface area contributed by atoms with Crippen molar-refractivity contribution in [3.8, 4) is 11.1 Å². The van der Waals surface area contributed by atoms with Crippen molar-refractivity contribution < 1.29 is 18.4 Å². The highest BCUT2D eigenvalue weighted by molar-refractivity contribution is 6.03. The molecule has 2 aliphatic rings. The van der Waals surface area contributed by atoms with Crippen molar-refractivity contribution in [2.24, 2.45) is 5.73 Å². The number of carbonyl (C=O) groups excluding carboxylic acids is 2. The van der Waals surface area contributed by atoms with E-state index in [0.717, 1.165) is 37.2 Å². The van der Waals surface area contributed by atoms with Gasteiger partial charge in [0.25, 0.3) is 5.91 Å². The summed E-state index contributed by atoms with van der Waals surface area (Å²) in [6.07, 6.45) is 3.06. The van der Waals surface area contributed by atoms with Crippen molar-refractivity contribution in [1.82, 2.24) is 9.80 Å². The van der Waals surface area contributed by atoms with E-state index in [1.807, 2.05) is 24.3 Å². The molecule has 2 saturated heterocycles. The molecule has 2 heterocycles. The van der Waals surface area contributed by atoms with E-state index >= 15 is 0 Å². The van der Waals surface area contributed by atoms with Crippen LogP contribution in [0.5, 0.6) is 0 Å². The molecule has 1 atom stereocenters. The van der Waals surface area contributed by atoms with Crippen LogP contribution in [0.3, 0.4) is 0 Å². The maximum atomic E-state index is 15.0. The number of hydrogen-bond acceptors (Lipinski definition) is 4. The summed E-state index contributed by atoms with van der Waals surface area (Å²) in [5.74, 6) is -1.68. The van der Waals surface area contributed by atoms with Gasteiger partial charge in [0.2, 0.25) is 5.91 Å². The first-order valence-electron chi connectivity index (χ1n) is 12.7. The number of nitrogens with zero attached hydrogens (tertiary/aromatic N) is 3. The summed E-state index contributed by atoms with van der Waals surface area (Å²) in [7, 11) is 2.06. The lowest BCUT2D eigenvalue weighted by atomic mass is 9.97. The number of piperidine rings is 1. The SMILES string of the molecule is CN(c1ccc(-c2cccc(F)c2C(=O)N2CCC[C@H]2C(N)=O)cc1)C1CCN(CC(C)(C)F)CC1. The Morgan fingerprint density at radius 1 is 1.06 bits per heavy atom. The van der Waals surface area contributed by atoms with Gasteiger partial charge in [-0.05, 0) is 68.9 Å². The van der Waals surface area contributed by atoms with Crippen LogP contribution in [0.1, 0.15) is 49.9 Å². The zero-order valence-corrected chi connectivity index (χ0v) is 21.3. The normalized spacial score (nSPS) is 19.5. The second-order valence-electron chi connectivity index (χ2n) is 10.6. The monoisotopic (exact) mass is 498 g/mol. The number of rotatable bonds is 7. The van der Waals surface area contributed by atoms with Crippen LogP contribution >= 0.6 is 0 Å². The molecule has 194 valence electrons. The Bertz CT molecular complexity index is 1090. The molecule has 0 saturated carbocycles. The third kappa shape index (κ3) is 5.69. The van der Waals surface area contributed by atoms with Crippen LogP contribution in [0.4, 0.5) is 14.5 Å². The van der Waals surface area contributed by atoms with Crippen LogP contribution in [0, 0.1) is 5.82 Å². The number of halogens is 2. The lowest BCUT2D eigenvalue weighted by molar-refractivity contribution is -0.121. The first kappa shape index (κ1) is 26.1. The third-order valence-corrected chi connectivity index (χ3v) is 7.36. The molecular weight excluding hydrogens is 462 g/mol. The second-order valence-corrected chi connectivity index (χ2v) is 10.6. The smallest absolute Gasteiger partial charge is 0.258 e. The van der Waals surface area contributed by atoms with Gasteiger partial charge in [0.1, 0.15) is 17.5 Å². The second kappa shape index (κ2) is 10.5. The van der Waals surface area contributed by atoms with Crippen LogP contribution in [0.2, 0.25) is 0 Å². The predicted octanol–water partition coefficient (Wildman–Crippen LogP) is 4.23. The number of hydrogen-bond donors (Lipinski definition) is 1. The maximum Gasteiger partial charge on any atom is 0.258 e. The number of benzene rings is 2. The van der Waals surface area contributed by atoms with Gasteiger partial charge in [-0.15, -0.1) is 0 Å². The number of primary amides is 1. The number of likely N-dealkylation sites (tertiary alicyclic amines) is 2. The van der Waals surface area contributed by atoms with Gasteiger partial charge in [-0.3, -0.25) is 9.59 Å². The van der Waals surface area contributed by atoms with Gasteiger partial charge in [0.05, 0.1) is 5.56 Å². The van der Waals surface area contributed by atoms with E-state index in [0.29, 0.717) is 37.5 Å².